The van der Waals surface area contributed by atoms with Crippen molar-refractivity contribution < 1.29 is 5.11 Å². The van der Waals surface area contributed by atoms with Crippen LogP contribution in [0.15, 0.2) is 69.6 Å². The highest BCUT2D eigenvalue weighted by Gasteiger charge is 2.31. The minimum absolute atomic E-state index is 0.124. The summed E-state index contributed by atoms with van der Waals surface area (Å²) in [5.74, 6) is 0. The van der Waals surface area contributed by atoms with Gasteiger partial charge in [0.05, 0.1) is 17.1 Å². The third-order valence-corrected chi connectivity index (χ3v) is 8.42. The van der Waals surface area contributed by atoms with Crippen LogP contribution in [0.2, 0.25) is 0 Å². The van der Waals surface area contributed by atoms with Crippen molar-refractivity contribution in [2.24, 2.45) is 0 Å². The number of piperazine rings is 1. The van der Waals surface area contributed by atoms with E-state index in [0.29, 0.717) is 0 Å². The van der Waals surface area contributed by atoms with E-state index in [1.54, 1.807) is 0 Å². The van der Waals surface area contributed by atoms with Crippen molar-refractivity contribution in [3.05, 3.63) is 80.7 Å². The lowest BCUT2D eigenvalue weighted by molar-refractivity contribution is -0.00679. The number of halogens is 2. The summed E-state index contributed by atoms with van der Waals surface area (Å²) in [6, 6.07) is 22.0. The molecule has 1 aromatic heterocycles. The van der Waals surface area contributed by atoms with Gasteiger partial charge in [-0.25, -0.2) is 0 Å². The summed E-state index contributed by atoms with van der Waals surface area (Å²) in [5.41, 5.74) is 5.22. The molecule has 3 aromatic carbocycles. The van der Waals surface area contributed by atoms with Gasteiger partial charge in [0.25, 0.3) is 0 Å². The molecule has 1 fully saturated rings. The van der Waals surface area contributed by atoms with Gasteiger partial charge in [0.15, 0.2) is 0 Å². The Labute approximate surface area is 231 Å². The van der Waals surface area contributed by atoms with Crippen LogP contribution in [0.5, 0.6) is 0 Å². The molecule has 0 bridgehead atoms. The lowest BCUT2D eigenvalue weighted by Crippen LogP contribution is -2.50. The van der Waals surface area contributed by atoms with E-state index >= 15 is 0 Å². The molecule has 1 aliphatic rings. The van der Waals surface area contributed by atoms with Crippen LogP contribution in [0.25, 0.3) is 21.8 Å². The summed E-state index contributed by atoms with van der Waals surface area (Å²) in [5, 5.41) is 13.5. The fraction of sp³-hybridized carbons (Fsp3) is 0.400. The fourth-order valence-electron chi connectivity index (χ4n) is 5.52. The first kappa shape index (κ1) is 25.9. The molecule has 2 heterocycles. The van der Waals surface area contributed by atoms with Gasteiger partial charge in [-0.2, -0.15) is 0 Å². The maximum atomic E-state index is 11.1. The first-order chi connectivity index (χ1) is 17.1. The van der Waals surface area contributed by atoms with Crippen molar-refractivity contribution in [2.45, 2.75) is 51.9 Å². The van der Waals surface area contributed by atoms with Crippen LogP contribution in [-0.2, 0) is 12.0 Å². The molecule has 6 heteroatoms. The molecule has 0 radical (unpaired) electrons. The highest BCUT2D eigenvalue weighted by molar-refractivity contribution is 9.10. The van der Waals surface area contributed by atoms with Gasteiger partial charge in [-0.1, -0.05) is 76.9 Å². The second-order valence-electron chi connectivity index (χ2n) is 11.1. The lowest BCUT2D eigenvalue weighted by Gasteiger charge is -2.41. The monoisotopic (exact) mass is 611 g/mol. The molecular formula is C30H35Br2N3O. The second-order valence-corrected chi connectivity index (χ2v) is 12.9. The van der Waals surface area contributed by atoms with Crippen molar-refractivity contribution in [1.82, 2.24) is 14.4 Å². The van der Waals surface area contributed by atoms with Gasteiger partial charge >= 0.3 is 0 Å². The third kappa shape index (κ3) is 5.16. The number of aliphatic hydroxyl groups is 1. The number of rotatable bonds is 5. The van der Waals surface area contributed by atoms with Crippen LogP contribution < -0.4 is 0 Å². The molecule has 1 saturated heterocycles. The van der Waals surface area contributed by atoms with E-state index < -0.39 is 6.10 Å². The van der Waals surface area contributed by atoms with Gasteiger partial charge in [0.1, 0.15) is 6.17 Å². The number of aliphatic hydroxyl groups excluding tert-OH is 1. The molecular weight excluding hydrogens is 578 g/mol. The Balaban J connectivity index is 1.39. The number of aromatic nitrogens is 1. The molecule has 5 rings (SSSR count). The zero-order chi connectivity index (χ0) is 25.6. The van der Waals surface area contributed by atoms with Crippen molar-refractivity contribution >= 4 is 53.7 Å². The molecule has 0 spiro atoms. The van der Waals surface area contributed by atoms with Gasteiger partial charge in [-0.15, -0.1) is 0 Å². The minimum Gasteiger partial charge on any atom is -0.390 e. The van der Waals surface area contributed by atoms with Crippen LogP contribution in [0.4, 0.5) is 0 Å². The predicted molar refractivity (Wildman–Crippen MR) is 158 cm³/mol. The van der Waals surface area contributed by atoms with Crippen LogP contribution in [-0.4, -0.2) is 51.8 Å². The Morgan fingerprint density at radius 2 is 1.33 bits per heavy atom. The number of nitrogens with zero attached hydrogens (tertiary/aromatic N) is 3. The second kappa shape index (κ2) is 10.2. The van der Waals surface area contributed by atoms with Gasteiger partial charge in [-0.05, 0) is 59.9 Å². The van der Waals surface area contributed by atoms with Gasteiger partial charge in [0.2, 0.25) is 0 Å². The van der Waals surface area contributed by atoms with Gasteiger partial charge < -0.3 is 9.67 Å². The summed E-state index contributed by atoms with van der Waals surface area (Å²) in [7, 11) is 0. The van der Waals surface area contributed by atoms with E-state index in [1.165, 1.54) is 21.9 Å². The van der Waals surface area contributed by atoms with Crippen LogP contribution in [0, 0.1) is 0 Å². The first-order valence-corrected chi connectivity index (χ1v) is 14.3. The number of benzene rings is 3. The number of hydrogen-bond acceptors (Lipinski definition) is 3. The van der Waals surface area contributed by atoms with Crippen molar-refractivity contribution in [3.63, 3.8) is 0 Å². The largest absolute Gasteiger partial charge is 0.390 e. The van der Waals surface area contributed by atoms with Crippen LogP contribution >= 0.6 is 31.9 Å². The molecule has 0 aliphatic carbocycles. The number of fused-ring (bicyclic) bond motifs is 3. The molecule has 1 N–H and O–H groups in total. The Hall–Kier alpha value is -1.70. The minimum atomic E-state index is -0.507. The Morgan fingerprint density at radius 3 is 1.81 bits per heavy atom. The molecule has 36 heavy (non-hydrogen) atoms. The van der Waals surface area contributed by atoms with Crippen molar-refractivity contribution in [1.29, 1.82) is 0 Å². The quantitative estimate of drug-likeness (QED) is 0.256. The summed E-state index contributed by atoms with van der Waals surface area (Å²) in [4.78, 5) is 4.98. The van der Waals surface area contributed by atoms with Crippen molar-refractivity contribution in [2.75, 3.05) is 26.2 Å². The molecule has 190 valence electrons. The Morgan fingerprint density at radius 1 is 0.806 bits per heavy atom. The molecule has 2 unspecified atom stereocenters. The zero-order valence-electron chi connectivity index (χ0n) is 21.5. The summed E-state index contributed by atoms with van der Waals surface area (Å²) in [6.07, 6.45) is -0.631. The first-order valence-electron chi connectivity index (χ1n) is 12.7. The molecule has 2 atom stereocenters. The summed E-state index contributed by atoms with van der Waals surface area (Å²) in [6.45, 7) is 13.5. The topological polar surface area (TPSA) is 31.6 Å². The normalized spacial score (nSPS) is 17.6. The van der Waals surface area contributed by atoms with Gasteiger partial charge in [0, 0.05) is 52.4 Å². The van der Waals surface area contributed by atoms with Crippen molar-refractivity contribution in [3.8, 4) is 0 Å². The lowest BCUT2D eigenvalue weighted by atomic mass is 9.87. The third-order valence-electron chi connectivity index (χ3n) is 7.43. The molecule has 4 nitrogen and oxygen atoms in total. The van der Waals surface area contributed by atoms with E-state index in [2.05, 4.69) is 128 Å². The highest BCUT2D eigenvalue weighted by Crippen LogP contribution is 2.37. The average molecular weight is 613 g/mol. The molecule has 0 amide bonds. The van der Waals surface area contributed by atoms with E-state index in [4.69, 9.17) is 0 Å². The van der Waals surface area contributed by atoms with Crippen LogP contribution in [0.3, 0.4) is 0 Å². The smallest absolute Gasteiger partial charge is 0.113 e. The highest BCUT2D eigenvalue weighted by atomic mass is 79.9. The molecule has 0 saturated carbocycles. The van der Waals surface area contributed by atoms with E-state index in [1.807, 2.05) is 6.92 Å². The maximum Gasteiger partial charge on any atom is 0.113 e. The van der Waals surface area contributed by atoms with Crippen LogP contribution in [0.1, 0.15) is 45.0 Å². The number of hydrogen-bond donors (Lipinski definition) is 1. The zero-order valence-corrected chi connectivity index (χ0v) is 24.7. The van der Waals surface area contributed by atoms with Gasteiger partial charge in [-0.3, -0.25) is 9.80 Å². The maximum absolute atomic E-state index is 11.1. The standard InChI is InChI=1S/C30H35Br2N3O/c1-20(36)29(35-27-11-9-23(31)17-25(27)26-18-24(32)10-12-28(26)35)34-15-13-33(14-16-34)19-21-5-7-22(8-6-21)30(2,3)4/h5-12,17-18,20,29,36H,13-16,19H2,1-4H3. The van der Waals surface area contributed by atoms with E-state index in [-0.39, 0.29) is 11.6 Å². The summed E-state index contributed by atoms with van der Waals surface area (Å²) < 4.78 is 4.47. The Kier molecular flexibility index (Phi) is 7.36. The van der Waals surface area contributed by atoms with E-state index in [9.17, 15) is 5.11 Å². The van der Waals surface area contributed by atoms with E-state index in [0.717, 1.165) is 52.7 Å². The Bertz CT molecular complexity index is 1300. The molecule has 1 aliphatic heterocycles. The molecule has 4 aromatic rings. The SMILES string of the molecule is CC(O)C(N1CCN(Cc2ccc(C(C)(C)C)cc2)CC1)n1c2ccc(Br)cc2c2cc(Br)ccc21. The fourth-order valence-corrected chi connectivity index (χ4v) is 6.24. The average Bonchev–Trinajstić information content (AvgIpc) is 3.12. The predicted octanol–water partition coefficient (Wildman–Crippen LogP) is 7.31. The summed E-state index contributed by atoms with van der Waals surface area (Å²) >= 11 is 7.30.